The van der Waals surface area contributed by atoms with Crippen LogP contribution in [0.25, 0.3) is 49.8 Å². The number of aromatic nitrogens is 3. The van der Waals surface area contributed by atoms with Crippen LogP contribution in [0.4, 0.5) is 0 Å². The SMILES string of the molecule is N#Cc1c(-n2ccc(=O)c3ccccc32)c(C#N)c(-n2ccc(=O)c3ccccc32)c(C#N)c1-n1ccc(=O)c2ccccc21. The third-order valence-corrected chi connectivity index (χ3v) is 7.89. The van der Waals surface area contributed by atoms with Gasteiger partial charge in [-0.25, -0.2) is 0 Å². The van der Waals surface area contributed by atoms with E-state index >= 15 is 0 Å². The molecule has 0 amide bonds. The molecule has 0 aliphatic rings. The summed E-state index contributed by atoms with van der Waals surface area (Å²) in [5.74, 6) is 0. The Bertz CT molecular complexity index is 2390. The number of rotatable bonds is 3. The molecule has 9 heteroatoms. The monoisotopic (exact) mass is 582 g/mol. The molecule has 0 aliphatic heterocycles. The van der Waals surface area contributed by atoms with Crippen molar-refractivity contribution in [3.05, 3.63) is 157 Å². The Kier molecular flexibility index (Phi) is 6.18. The van der Waals surface area contributed by atoms with Crippen LogP contribution in [0.2, 0.25) is 0 Å². The Morgan fingerprint density at radius 2 is 0.667 bits per heavy atom. The van der Waals surface area contributed by atoms with Gasteiger partial charge in [0.05, 0.1) is 33.6 Å². The fourth-order valence-corrected chi connectivity index (χ4v) is 5.95. The molecule has 7 rings (SSSR count). The van der Waals surface area contributed by atoms with Crippen LogP contribution >= 0.6 is 0 Å². The maximum absolute atomic E-state index is 12.9. The largest absolute Gasteiger partial charge is 0.314 e. The second-order valence-corrected chi connectivity index (χ2v) is 10.2. The van der Waals surface area contributed by atoms with Gasteiger partial charge in [-0.05, 0) is 36.4 Å². The zero-order chi connectivity index (χ0) is 31.2. The normalized spacial score (nSPS) is 10.9. The first-order valence-electron chi connectivity index (χ1n) is 13.7. The van der Waals surface area contributed by atoms with Crippen molar-refractivity contribution in [1.29, 1.82) is 15.8 Å². The van der Waals surface area contributed by atoms with Gasteiger partial charge in [-0.1, -0.05) is 36.4 Å². The Morgan fingerprint density at radius 3 is 0.933 bits per heavy atom. The van der Waals surface area contributed by atoms with E-state index < -0.39 is 0 Å². The van der Waals surface area contributed by atoms with E-state index in [0.717, 1.165) is 0 Å². The van der Waals surface area contributed by atoms with Crippen molar-refractivity contribution in [2.24, 2.45) is 0 Å². The molecule has 3 aromatic heterocycles. The van der Waals surface area contributed by atoms with E-state index in [0.29, 0.717) is 32.7 Å². The Labute approximate surface area is 254 Å². The molecular formula is C36H18N6O3. The topological polar surface area (TPSA) is 137 Å². The molecule has 3 heterocycles. The summed E-state index contributed by atoms with van der Waals surface area (Å²) in [6.07, 6.45) is 4.48. The fourth-order valence-electron chi connectivity index (χ4n) is 5.95. The lowest BCUT2D eigenvalue weighted by molar-refractivity contribution is 1.00. The zero-order valence-corrected chi connectivity index (χ0v) is 23.3. The van der Waals surface area contributed by atoms with E-state index in [1.807, 2.05) is 0 Å². The van der Waals surface area contributed by atoms with E-state index in [9.17, 15) is 30.2 Å². The van der Waals surface area contributed by atoms with Crippen molar-refractivity contribution in [3.8, 4) is 35.3 Å². The number of nitriles is 3. The third kappa shape index (κ3) is 3.95. The van der Waals surface area contributed by atoms with Gasteiger partial charge in [-0.3, -0.25) is 14.4 Å². The number of hydrogen-bond donors (Lipinski definition) is 0. The predicted octanol–water partition coefficient (Wildman–Crippen LogP) is 5.21. The smallest absolute Gasteiger partial charge is 0.189 e. The summed E-state index contributed by atoms with van der Waals surface area (Å²) in [7, 11) is 0. The van der Waals surface area contributed by atoms with Crippen LogP contribution in [0, 0.1) is 34.0 Å². The standard InChI is InChI=1S/C36H18N6O3/c37-19-25-34(40-16-13-31(43)22-7-1-4-10-28(22)40)26(20-38)36(42-18-15-33(45)24-9-3-6-12-30(24)42)27(21-39)35(25)41-17-14-32(44)23-8-2-5-11-29(23)41/h1-18H. The summed E-state index contributed by atoms with van der Waals surface area (Å²) in [6.45, 7) is 0. The van der Waals surface area contributed by atoms with E-state index in [4.69, 9.17) is 0 Å². The van der Waals surface area contributed by atoms with E-state index in [1.54, 1.807) is 86.5 Å². The van der Waals surface area contributed by atoms with Crippen molar-refractivity contribution in [2.45, 2.75) is 0 Å². The molecule has 9 nitrogen and oxygen atoms in total. The summed E-state index contributed by atoms with van der Waals surface area (Å²) >= 11 is 0. The third-order valence-electron chi connectivity index (χ3n) is 7.89. The summed E-state index contributed by atoms with van der Waals surface area (Å²) < 4.78 is 4.78. The quantitative estimate of drug-likeness (QED) is 0.280. The summed E-state index contributed by atoms with van der Waals surface area (Å²) in [4.78, 5) is 38.6. The average molecular weight is 583 g/mol. The summed E-state index contributed by atoms with van der Waals surface area (Å²) in [5, 5.41) is 33.5. The first kappa shape index (κ1) is 26.9. The highest BCUT2D eigenvalue weighted by Crippen LogP contribution is 2.38. The molecule has 7 aromatic rings. The molecule has 0 saturated carbocycles. The van der Waals surface area contributed by atoms with Crippen LogP contribution in [0.5, 0.6) is 0 Å². The molecule has 0 aliphatic carbocycles. The van der Waals surface area contributed by atoms with Crippen LogP contribution in [0.1, 0.15) is 16.7 Å². The Hall–Kier alpha value is -7.02. The Balaban J connectivity index is 1.79. The molecule has 0 atom stereocenters. The highest BCUT2D eigenvalue weighted by Gasteiger charge is 2.29. The number of benzene rings is 4. The van der Waals surface area contributed by atoms with Crippen molar-refractivity contribution in [3.63, 3.8) is 0 Å². The Morgan fingerprint density at radius 1 is 0.400 bits per heavy atom. The van der Waals surface area contributed by atoms with Crippen LogP contribution in [0.15, 0.2) is 124 Å². The molecule has 4 aromatic carbocycles. The first-order chi connectivity index (χ1) is 22.0. The van der Waals surface area contributed by atoms with Crippen LogP contribution in [-0.4, -0.2) is 13.7 Å². The molecule has 0 radical (unpaired) electrons. The van der Waals surface area contributed by atoms with Gasteiger partial charge in [0.1, 0.15) is 34.9 Å². The molecule has 0 spiro atoms. The molecule has 0 bridgehead atoms. The molecule has 0 N–H and O–H groups in total. The number of hydrogen-bond acceptors (Lipinski definition) is 6. The maximum atomic E-state index is 12.9. The second-order valence-electron chi connectivity index (χ2n) is 10.2. The zero-order valence-electron chi connectivity index (χ0n) is 23.3. The van der Waals surface area contributed by atoms with Crippen molar-refractivity contribution in [2.75, 3.05) is 0 Å². The molecule has 0 saturated heterocycles. The van der Waals surface area contributed by atoms with Crippen LogP contribution in [-0.2, 0) is 0 Å². The van der Waals surface area contributed by atoms with E-state index in [1.165, 1.54) is 36.8 Å². The number of pyridine rings is 3. The molecular weight excluding hydrogens is 564 g/mol. The van der Waals surface area contributed by atoms with Crippen molar-refractivity contribution < 1.29 is 0 Å². The number of fused-ring (bicyclic) bond motifs is 3. The second kappa shape index (κ2) is 10.4. The lowest BCUT2D eigenvalue weighted by atomic mass is 9.95. The number of para-hydroxylation sites is 3. The molecule has 210 valence electrons. The lowest BCUT2D eigenvalue weighted by Crippen LogP contribution is -2.18. The van der Waals surface area contributed by atoms with Gasteiger partial charge in [-0.2, -0.15) is 15.8 Å². The molecule has 0 fully saturated rings. The maximum Gasteiger partial charge on any atom is 0.189 e. The van der Waals surface area contributed by atoms with Crippen molar-refractivity contribution >= 4 is 32.7 Å². The van der Waals surface area contributed by atoms with Gasteiger partial charge in [0.2, 0.25) is 0 Å². The van der Waals surface area contributed by atoms with Crippen LogP contribution < -0.4 is 16.3 Å². The van der Waals surface area contributed by atoms with Gasteiger partial charge in [0.15, 0.2) is 16.3 Å². The van der Waals surface area contributed by atoms with Gasteiger partial charge in [0.25, 0.3) is 0 Å². The van der Waals surface area contributed by atoms with Gasteiger partial charge in [0, 0.05) is 52.9 Å². The van der Waals surface area contributed by atoms with Gasteiger partial charge >= 0.3 is 0 Å². The fraction of sp³-hybridized carbons (Fsp3) is 0. The summed E-state index contributed by atoms with van der Waals surface area (Å²) in [6, 6.07) is 31.2. The van der Waals surface area contributed by atoms with Gasteiger partial charge in [-0.15, -0.1) is 0 Å². The minimum atomic E-state index is -0.245. The minimum Gasteiger partial charge on any atom is -0.314 e. The summed E-state index contributed by atoms with van der Waals surface area (Å²) in [5.41, 5.74) is 0.890. The lowest BCUT2D eigenvalue weighted by Gasteiger charge is -2.24. The predicted molar refractivity (Wildman–Crippen MR) is 170 cm³/mol. The van der Waals surface area contributed by atoms with Crippen molar-refractivity contribution in [1.82, 2.24) is 13.7 Å². The highest BCUT2D eigenvalue weighted by atomic mass is 16.1. The average Bonchev–Trinajstić information content (AvgIpc) is 3.08. The van der Waals surface area contributed by atoms with Gasteiger partial charge < -0.3 is 13.7 Å². The number of nitrogens with zero attached hydrogens (tertiary/aromatic N) is 6. The van der Waals surface area contributed by atoms with E-state index in [-0.39, 0.29) is 50.0 Å². The van der Waals surface area contributed by atoms with E-state index in [2.05, 4.69) is 18.2 Å². The van der Waals surface area contributed by atoms with Crippen LogP contribution in [0.3, 0.4) is 0 Å². The molecule has 0 unspecified atom stereocenters. The minimum absolute atomic E-state index is 0.0280. The first-order valence-corrected chi connectivity index (χ1v) is 13.7. The highest BCUT2D eigenvalue weighted by molar-refractivity contribution is 5.90. The molecule has 45 heavy (non-hydrogen) atoms.